The summed E-state index contributed by atoms with van der Waals surface area (Å²) < 4.78 is 4.72. The molecule has 1 fully saturated rings. The van der Waals surface area contributed by atoms with Gasteiger partial charge < -0.3 is 9.84 Å². The molecule has 2 rings (SSSR count). The first-order valence-corrected chi connectivity index (χ1v) is 6.73. The number of rotatable bonds is 4. The lowest BCUT2D eigenvalue weighted by Gasteiger charge is -2.30. The van der Waals surface area contributed by atoms with Gasteiger partial charge in [0, 0.05) is 13.1 Å². The summed E-state index contributed by atoms with van der Waals surface area (Å²) in [5.74, 6) is -0.217. The highest BCUT2D eigenvalue weighted by Crippen LogP contribution is 2.17. The number of carbonyl (C=O) groups is 1. The van der Waals surface area contributed by atoms with Gasteiger partial charge in [-0.05, 0) is 30.5 Å². The van der Waals surface area contributed by atoms with Crippen molar-refractivity contribution in [2.24, 2.45) is 0 Å². The standard InChI is InChI=1S/C15H21NO3/c1-19-15(18)9-12-5-2-3-6-13(12)10-16-8-4-7-14(17)11-16/h2-3,5-6,14,17H,4,7-11H2,1H3. The second kappa shape index (κ2) is 6.68. The lowest BCUT2D eigenvalue weighted by Crippen LogP contribution is -2.37. The number of hydrogen-bond donors (Lipinski definition) is 1. The van der Waals surface area contributed by atoms with Crippen LogP contribution in [0.4, 0.5) is 0 Å². The summed E-state index contributed by atoms with van der Waals surface area (Å²) in [6.45, 7) is 2.50. The Morgan fingerprint density at radius 1 is 1.42 bits per heavy atom. The molecule has 0 saturated carbocycles. The Morgan fingerprint density at radius 2 is 2.16 bits per heavy atom. The van der Waals surface area contributed by atoms with Crippen LogP contribution < -0.4 is 0 Å². The van der Waals surface area contributed by atoms with Crippen molar-refractivity contribution in [2.75, 3.05) is 20.2 Å². The van der Waals surface area contributed by atoms with Gasteiger partial charge in [0.25, 0.3) is 0 Å². The molecule has 1 N–H and O–H groups in total. The molecule has 1 atom stereocenters. The number of methoxy groups -OCH3 is 1. The van der Waals surface area contributed by atoms with Gasteiger partial charge in [-0.25, -0.2) is 0 Å². The fourth-order valence-electron chi connectivity index (χ4n) is 2.53. The van der Waals surface area contributed by atoms with E-state index < -0.39 is 0 Å². The number of likely N-dealkylation sites (tertiary alicyclic amines) is 1. The van der Waals surface area contributed by atoms with Gasteiger partial charge >= 0.3 is 5.97 Å². The highest BCUT2D eigenvalue weighted by Gasteiger charge is 2.18. The zero-order valence-corrected chi connectivity index (χ0v) is 11.3. The molecule has 1 aliphatic rings. The Balaban J connectivity index is 2.04. The fraction of sp³-hybridized carbons (Fsp3) is 0.533. The number of β-amino-alcohol motifs (C(OH)–C–C–N with tert-alkyl or cyclic N) is 1. The number of carbonyl (C=O) groups excluding carboxylic acids is 1. The minimum absolute atomic E-state index is 0.217. The van der Waals surface area contributed by atoms with Gasteiger partial charge in [0.1, 0.15) is 0 Å². The van der Waals surface area contributed by atoms with E-state index in [1.807, 2.05) is 24.3 Å². The van der Waals surface area contributed by atoms with E-state index in [1.165, 1.54) is 7.11 Å². The summed E-state index contributed by atoms with van der Waals surface area (Å²) in [4.78, 5) is 13.6. The summed E-state index contributed by atoms with van der Waals surface area (Å²) >= 11 is 0. The molecule has 0 radical (unpaired) electrons. The highest BCUT2D eigenvalue weighted by molar-refractivity contribution is 5.72. The summed E-state index contributed by atoms with van der Waals surface area (Å²) in [7, 11) is 1.41. The summed E-state index contributed by atoms with van der Waals surface area (Å²) in [6, 6.07) is 7.93. The Morgan fingerprint density at radius 3 is 2.84 bits per heavy atom. The van der Waals surface area contributed by atoms with E-state index in [1.54, 1.807) is 0 Å². The topological polar surface area (TPSA) is 49.8 Å². The molecule has 1 heterocycles. The lowest BCUT2D eigenvalue weighted by molar-refractivity contribution is -0.139. The third kappa shape index (κ3) is 4.04. The first kappa shape index (κ1) is 14.0. The van der Waals surface area contributed by atoms with E-state index in [-0.39, 0.29) is 12.1 Å². The number of aliphatic hydroxyl groups is 1. The van der Waals surface area contributed by atoms with Crippen molar-refractivity contribution in [2.45, 2.75) is 31.9 Å². The molecule has 0 spiro atoms. The van der Waals surface area contributed by atoms with Crippen molar-refractivity contribution < 1.29 is 14.6 Å². The van der Waals surface area contributed by atoms with Crippen molar-refractivity contribution >= 4 is 5.97 Å². The normalized spacial score (nSPS) is 20.2. The number of aliphatic hydroxyl groups excluding tert-OH is 1. The largest absolute Gasteiger partial charge is 0.469 e. The maximum absolute atomic E-state index is 11.4. The van der Waals surface area contributed by atoms with Crippen LogP contribution in [0.1, 0.15) is 24.0 Å². The van der Waals surface area contributed by atoms with Crippen LogP contribution in [0.2, 0.25) is 0 Å². The third-order valence-electron chi connectivity index (χ3n) is 3.56. The average Bonchev–Trinajstić information content (AvgIpc) is 2.41. The molecule has 0 amide bonds. The summed E-state index contributed by atoms with van der Waals surface area (Å²) in [5.41, 5.74) is 2.15. The van der Waals surface area contributed by atoms with E-state index in [0.29, 0.717) is 13.0 Å². The fourth-order valence-corrected chi connectivity index (χ4v) is 2.53. The van der Waals surface area contributed by atoms with Gasteiger partial charge in [-0.2, -0.15) is 0 Å². The van der Waals surface area contributed by atoms with Gasteiger partial charge in [0.05, 0.1) is 19.6 Å². The van der Waals surface area contributed by atoms with Crippen LogP contribution >= 0.6 is 0 Å². The van der Waals surface area contributed by atoms with Crippen molar-refractivity contribution in [3.63, 3.8) is 0 Å². The Bertz CT molecular complexity index is 433. The highest BCUT2D eigenvalue weighted by atomic mass is 16.5. The van der Waals surface area contributed by atoms with Crippen LogP contribution in [-0.4, -0.2) is 42.3 Å². The molecular formula is C15H21NO3. The molecule has 1 unspecified atom stereocenters. The zero-order chi connectivity index (χ0) is 13.7. The molecule has 0 aromatic heterocycles. The molecule has 19 heavy (non-hydrogen) atoms. The summed E-state index contributed by atoms with van der Waals surface area (Å²) in [6.07, 6.45) is 2.01. The van der Waals surface area contributed by atoms with Crippen LogP contribution in [0.25, 0.3) is 0 Å². The second-order valence-electron chi connectivity index (χ2n) is 5.05. The Kier molecular flexibility index (Phi) is 4.93. The van der Waals surface area contributed by atoms with Gasteiger partial charge in [-0.3, -0.25) is 9.69 Å². The second-order valence-corrected chi connectivity index (χ2v) is 5.05. The molecule has 1 saturated heterocycles. The SMILES string of the molecule is COC(=O)Cc1ccccc1CN1CCCC(O)C1. The predicted octanol–water partition coefficient (Wildman–Crippen LogP) is 1.36. The van der Waals surface area contributed by atoms with Gasteiger partial charge in [-0.15, -0.1) is 0 Å². The van der Waals surface area contributed by atoms with Gasteiger partial charge in [-0.1, -0.05) is 24.3 Å². The molecule has 104 valence electrons. The van der Waals surface area contributed by atoms with Crippen molar-refractivity contribution in [1.82, 2.24) is 4.90 Å². The number of benzene rings is 1. The molecule has 1 aliphatic heterocycles. The minimum Gasteiger partial charge on any atom is -0.469 e. The molecule has 1 aromatic rings. The zero-order valence-electron chi connectivity index (χ0n) is 11.3. The first-order chi connectivity index (χ1) is 9.19. The molecule has 4 nitrogen and oxygen atoms in total. The number of ether oxygens (including phenoxy) is 1. The molecule has 0 aliphatic carbocycles. The molecule has 1 aromatic carbocycles. The van der Waals surface area contributed by atoms with Crippen molar-refractivity contribution in [3.05, 3.63) is 35.4 Å². The van der Waals surface area contributed by atoms with Crippen molar-refractivity contribution in [1.29, 1.82) is 0 Å². The van der Waals surface area contributed by atoms with Gasteiger partial charge in [0.2, 0.25) is 0 Å². The Hall–Kier alpha value is -1.39. The van der Waals surface area contributed by atoms with E-state index in [2.05, 4.69) is 4.90 Å². The predicted molar refractivity (Wildman–Crippen MR) is 72.7 cm³/mol. The maximum Gasteiger partial charge on any atom is 0.309 e. The number of nitrogens with zero attached hydrogens (tertiary/aromatic N) is 1. The van der Waals surface area contributed by atoms with E-state index >= 15 is 0 Å². The quantitative estimate of drug-likeness (QED) is 0.833. The van der Waals surface area contributed by atoms with E-state index in [9.17, 15) is 9.90 Å². The third-order valence-corrected chi connectivity index (χ3v) is 3.56. The number of esters is 1. The minimum atomic E-state index is -0.221. The van der Waals surface area contributed by atoms with Crippen LogP contribution in [-0.2, 0) is 22.5 Å². The Labute approximate surface area is 114 Å². The number of hydrogen-bond acceptors (Lipinski definition) is 4. The molecule has 4 heteroatoms. The lowest BCUT2D eigenvalue weighted by atomic mass is 10.0. The van der Waals surface area contributed by atoms with Crippen LogP contribution in [0, 0.1) is 0 Å². The van der Waals surface area contributed by atoms with Crippen LogP contribution in [0.3, 0.4) is 0 Å². The van der Waals surface area contributed by atoms with E-state index in [0.717, 1.165) is 37.1 Å². The molecule has 0 bridgehead atoms. The first-order valence-electron chi connectivity index (χ1n) is 6.73. The van der Waals surface area contributed by atoms with Crippen molar-refractivity contribution in [3.8, 4) is 0 Å². The number of piperidine rings is 1. The van der Waals surface area contributed by atoms with E-state index in [4.69, 9.17) is 4.74 Å². The monoisotopic (exact) mass is 263 g/mol. The summed E-state index contributed by atoms with van der Waals surface area (Å²) in [5, 5.41) is 9.69. The van der Waals surface area contributed by atoms with Gasteiger partial charge in [0.15, 0.2) is 0 Å². The maximum atomic E-state index is 11.4. The molecular weight excluding hydrogens is 242 g/mol. The van der Waals surface area contributed by atoms with Crippen LogP contribution in [0.15, 0.2) is 24.3 Å². The average molecular weight is 263 g/mol. The smallest absolute Gasteiger partial charge is 0.309 e. The van der Waals surface area contributed by atoms with Crippen LogP contribution in [0.5, 0.6) is 0 Å².